The fraction of sp³-hybridized carbons (Fsp3) is 0.875. The maximum absolute atomic E-state index is 11.4. The molecule has 0 amide bonds. The largest absolute Gasteiger partial charge is 0.381 e. The summed E-state index contributed by atoms with van der Waals surface area (Å²) in [5, 5.41) is 7.48. The van der Waals surface area contributed by atoms with Crippen LogP contribution in [0, 0.1) is 11.3 Å². The molecule has 0 radical (unpaired) electrons. The molecule has 1 fully saturated rings. The second kappa shape index (κ2) is 4.26. The summed E-state index contributed by atoms with van der Waals surface area (Å²) in [6.45, 7) is 1.37. The van der Waals surface area contributed by atoms with Crippen molar-refractivity contribution in [3.63, 3.8) is 0 Å². The minimum Gasteiger partial charge on any atom is -0.381 e. The summed E-state index contributed by atoms with van der Waals surface area (Å²) < 4.78 is 30.3. The lowest BCUT2D eigenvalue weighted by Gasteiger charge is -2.34. The van der Waals surface area contributed by atoms with E-state index in [4.69, 9.17) is 10.00 Å². The zero-order chi connectivity index (χ0) is 10.8. The number of hydrogen-bond donors (Lipinski definition) is 1. The molecule has 0 aliphatic heterocycles. The standard InChI is InChI=1S/C8H14N2O3S/c1-6(5-9)14(11,12)10-7-3-8(4-7)13-2/h6-8,10H,3-4H2,1-2H3. The average molecular weight is 218 g/mol. The Hall–Kier alpha value is -0.640. The van der Waals surface area contributed by atoms with E-state index < -0.39 is 15.3 Å². The number of hydrogen-bond acceptors (Lipinski definition) is 4. The van der Waals surface area contributed by atoms with Gasteiger partial charge in [-0.1, -0.05) is 0 Å². The molecule has 1 N–H and O–H groups in total. The third-order valence-corrected chi connectivity index (χ3v) is 4.10. The van der Waals surface area contributed by atoms with Crippen LogP contribution in [-0.2, 0) is 14.8 Å². The molecule has 0 aromatic carbocycles. The Labute approximate surface area is 84.1 Å². The second-order valence-electron chi connectivity index (χ2n) is 3.46. The number of nitrogens with zero attached hydrogens (tertiary/aromatic N) is 1. The van der Waals surface area contributed by atoms with Crippen molar-refractivity contribution in [3.05, 3.63) is 0 Å². The molecule has 80 valence electrons. The van der Waals surface area contributed by atoms with Gasteiger partial charge in [0.1, 0.15) is 0 Å². The van der Waals surface area contributed by atoms with Gasteiger partial charge in [-0.25, -0.2) is 13.1 Å². The number of nitriles is 1. The molecular weight excluding hydrogens is 204 g/mol. The molecule has 1 atom stereocenters. The highest BCUT2D eigenvalue weighted by Crippen LogP contribution is 2.23. The van der Waals surface area contributed by atoms with Gasteiger partial charge in [-0.15, -0.1) is 0 Å². The van der Waals surface area contributed by atoms with E-state index in [1.54, 1.807) is 13.2 Å². The Morgan fingerprint density at radius 2 is 2.14 bits per heavy atom. The van der Waals surface area contributed by atoms with Crippen LogP contribution in [0.3, 0.4) is 0 Å². The van der Waals surface area contributed by atoms with Gasteiger partial charge in [-0.3, -0.25) is 0 Å². The van der Waals surface area contributed by atoms with E-state index in [0.29, 0.717) is 12.8 Å². The van der Waals surface area contributed by atoms with Gasteiger partial charge in [-0.05, 0) is 19.8 Å². The van der Waals surface area contributed by atoms with E-state index in [9.17, 15) is 8.42 Å². The van der Waals surface area contributed by atoms with Crippen LogP contribution in [0.1, 0.15) is 19.8 Å². The van der Waals surface area contributed by atoms with Crippen LogP contribution in [0.15, 0.2) is 0 Å². The zero-order valence-corrected chi connectivity index (χ0v) is 9.04. The minimum atomic E-state index is -3.47. The zero-order valence-electron chi connectivity index (χ0n) is 8.23. The van der Waals surface area contributed by atoms with Crippen LogP contribution in [-0.4, -0.2) is 32.9 Å². The van der Waals surface area contributed by atoms with Crippen molar-refractivity contribution in [3.8, 4) is 6.07 Å². The predicted octanol–water partition coefficient (Wildman–Crippen LogP) is -0.00472. The molecule has 1 rings (SSSR count). The summed E-state index contributed by atoms with van der Waals surface area (Å²) in [5.74, 6) is 0. The molecule has 1 aliphatic rings. The van der Waals surface area contributed by atoms with Crippen LogP contribution >= 0.6 is 0 Å². The highest BCUT2D eigenvalue weighted by Gasteiger charge is 2.33. The Morgan fingerprint density at radius 3 is 2.57 bits per heavy atom. The fourth-order valence-corrected chi connectivity index (χ4v) is 2.26. The normalized spacial score (nSPS) is 28.9. The van der Waals surface area contributed by atoms with E-state index in [2.05, 4.69) is 4.72 Å². The van der Waals surface area contributed by atoms with Crippen LogP contribution in [0.2, 0.25) is 0 Å². The lowest BCUT2D eigenvalue weighted by molar-refractivity contribution is 0.0236. The molecule has 0 bridgehead atoms. The smallest absolute Gasteiger partial charge is 0.227 e. The molecule has 0 saturated heterocycles. The lowest BCUT2D eigenvalue weighted by Crippen LogP contribution is -2.49. The quantitative estimate of drug-likeness (QED) is 0.720. The first-order valence-corrected chi connectivity index (χ1v) is 5.97. The average Bonchev–Trinajstić information content (AvgIpc) is 2.09. The third-order valence-electron chi connectivity index (χ3n) is 2.41. The monoisotopic (exact) mass is 218 g/mol. The van der Waals surface area contributed by atoms with Crippen LogP contribution in [0.4, 0.5) is 0 Å². The molecule has 14 heavy (non-hydrogen) atoms. The molecule has 0 spiro atoms. The van der Waals surface area contributed by atoms with Gasteiger partial charge in [0.15, 0.2) is 5.25 Å². The summed E-state index contributed by atoms with van der Waals surface area (Å²) >= 11 is 0. The van der Waals surface area contributed by atoms with E-state index in [0.717, 1.165) is 0 Å². The fourth-order valence-electron chi connectivity index (χ4n) is 1.26. The van der Waals surface area contributed by atoms with Gasteiger partial charge in [0.05, 0.1) is 12.2 Å². The maximum Gasteiger partial charge on any atom is 0.227 e. The van der Waals surface area contributed by atoms with Gasteiger partial charge >= 0.3 is 0 Å². The molecule has 1 unspecified atom stereocenters. The molecular formula is C8H14N2O3S. The highest BCUT2D eigenvalue weighted by molar-refractivity contribution is 7.90. The van der Waals surface area contributed by atoms with Gasteiger partial charge in [-0.2, -0.15) is 5.26 Å². The first-order valence-electron chi connectivity index (χ1n) is 4.43. The Bertz CT molecular complexity index is 327. The van der Waals surface area contributed by atoms with Gasteiger partial charge < -0.3 is 4.74 Å². The number of ether oxygens (including phenoxy) is 1. The molecule has 0 aromatic heterocycles. The van der Waals surface area contributed by atoms with Crippen molar-refractivity contribution in [2.24, 2.45) is 0 Å². The molecule has 0 aromatic rings. The first kappa shape index (κ1) is 11.4. The van der Waals surface area contributed by atoms with Gasteiger partial charge in [0.25, 0.3) is 0 Å². The minimum absolute atomic E-state index is 0.0688. The highest BCUT2D eigenvalue weighted by atomic mass is 32.2. The summed E-state index contributed by atoms with van der Waals surface area (Å²) in [6, 6.07) is 1.63. The Morgan fingerprint density at radius 1 is 1.57 bits per heavy atom. The third kappa shape index (κ3) is 2.44. The maximum atomic E-state index is 11.4. The first-order chi connectivity index (χ1) is 6.49. The topological polar surface area (TPSA) is 79.2 Å². The number of rotatable bonds is 4. The van der Waals surface area contributed by atoms with E-state index in [-0.39, 0.29) is 12.1 Å². The van der Waals surface area contributed by atoms with E-state index in [1.165, 1.54) is 6.92 Å². The van der Waals surface area contributed by atoms with Crippen LogP contribution < -0.4 is 4.72 Å². The van der Waals surface area contributed by atoms with Crippen molar-refractivity contribution in [2.45, 2.75) is 37.2 Å². The summed E-state index contributed by atoms with van der Waals surface area (Å²) in [4.78, 5) is 0. The van der Waals surface area contributed by atoms with Crippen LogP contribution in [0.5, 0.6) is 0 Å². The van der Waals surface area contributed by atoms with Crippen LogP contribution in [0.25, 0.3) is 0 Å². The SMILES string of the molecule is COC1CC(NS(=O)(=O)C(C)C#N)C1. The van der Waals surface area contributed by atoms with E-state index in [1.807, 2.05) is 0 Å². The lowest BCUT2D eigenvalue weighted by atomic mass is 9.90. The molecule has 1 aliphatic carbocycles. The Balaban J connectivity index is 2.43. The van der Waals surface area contributed by atoms with Gasteiger partial charge in [0, 0.05) is 13.2 Å². The van der Waals surface area contributed by atoms with E-state index >= 15 is 0 Å². The molecule has 1 saturated carbocycles. The number of methoxy groups -OCH3 is 1. The molecule has 0 heterocycles. The van der Waals surface area contributed by atoms with Crippen molar-refractivity contribution in [1.29, 1.82) is 5.26 Å². The second-order valence-corrected chi connectivity index (χ2v) is 5.49. The summed E-state index contributed by atoms with van der Waals surface area (Å²) in [6.07, 6.45) is 1.53. The molecule has 6 heteroatoms. The molecule has 5 nitrogen and oxygen atoms in total. The van der Waals surface area contributed by atoms with Crippen molar-refractivity contribution in [1.82, 2.24) is 4.72 Å². The summed E-state index contributed by atoms with van der Waals surface area (Å²) in [7, 11) is -1.86. The van der Waals surface area contributed by atoms with Crippen molar-refractivity contribution < 1.29 is 13.2 Å². The number of sulfonamides is 1. The van der Waals surface area contributed by atoms with Crippen molar-refractivity contribution >= 4 is 10.0 Å². The Kier molecular flexibility index (Phi) is 3.48. The van der Waals surface area contributed by atoms with Crippen molar-refractivity contribution in [2.75, 3.05) is 7.11 Å². The predicted molar refractivity (Wildman–Crippen MR) is 50.9 cm³/mol. The van der Waals surface area contributed by atoms with Gasteiger partial charge in [0.2, 0.25) is 10.0 Å². The number of nitrogens with one attached hydrogen (secondary N) is 1. The summed E-state index contributed by atoms with van der Waals surface area (Å²) in [5.41, 5.74) is 0.